The maximum atomic E-state index is 12.4. The number of nitrogens with zero attached hydrogens (tertiary/aromatic N) is 3. The van der Waals surface area contributed by atoms with Gasteiger partial charge in [-0.2, -0.15) is 4.98 Å². The number of carbonyl (C=O) groups excluding carboxylic acids is 1. The highest BCUT2D eigenvalue weighted by molar-refractivity contribution is 5.96. The summed E-state index contributed by atoms with van der Waals surface area (Å²) >= 11 is 0. The summed E-state index contributed by atoms with van der Waals surface area (Å²) in [5, 5.41) is 4.07. The Morgan fingerprint density at radius 3 is 2.42 bits per heavy atom. The summed E-state index contributed by atoms with van der Waals surface area (Å²) in [5.74, 6) is 1.80. The Morgan fingerprint density at radius 2 is 1.88 bits per heavy atom. The lowest BCUT2D eigenvalue weighted by Gasteiger charge is -2.17. The number of anilines is 1. The Balaban J connectivity index is 1.77. The van der Waals surface area contributed by atoms with Gasteiger partial charge in [0.1, 0.15) is 0 Å². The largest absolute Gasteiger partial charge is 0.339 e. The molecule has 1 saturated heterocycles. The van der Waals surface area contributed by atoms with Gasteiger partial charge in [0, 0.05) is 24.1 Å². The lowest BCUT2D eigenvalue weighted by molar-refractivity contribution is -0.117. The van der Waals surface area contributed by atoms with Crippen molar-refractivity contribution in [1.82, 2.24) is 10.1 Å². The van der Waals surface area contributed by atoms with Crippen LogP contribution in [-0.2, 0) is 10.2 Å². The first-order chi connectivity index (χ1) is 11.3. The smallest absolute Gasteiger partial charge is 0.232 e. The van der Waals surface area contributed by atoms with E-state index < -0.39 is 0 Å². The zero-order chi connectivity index (χ0) is 17.5. The van der Waals surface area contributed by atoms with Gasteiger partial charge in [-0.05, 0) is 23.6 Å². The van der Waals surface area contributed by atoms with E-state index in [0.29, 0.717) is 30.6 Å². The molecule has 24 heavy (non-hydrogen) atoms. The van der Waals surface area contributed by atoms with Crippen molar-refractivity contribution in [3.8, 4) is 0 Å². The molecule has 1 aromatic carbocycles. The van der Waals surface area contributed by atoms with E-state index in [2.05, 4.69) is 36.1 Å². The third-order valence-corrected chi connectivity index (χ3v) is 4.46. The second-order valence-corrected chi connectivity index (χ2v) is 7.86. The maximum absolute atomic E-state index is 12.4. The van der Waals surface area contributed by atoms with Crippen molar-refractivity contribution in [2.75, 3.05) is 11.4 Å². The molecular weight excluding hydrogens is 302 g/mol. The molecule has 3 rings (SSSR count). The molecule has 5 heteroatoms. The van der Waals surface area contributed by atoms with E-state index in [1.165, 1.54) is 5.56 Å². The van der Waals surface area contributed by atoms with Gasteiger partial charge in [0.2, 0.25) is 11.8 Å². The first-order valence-electron chi connectivity index (χ1n) is 8.50. The molecule has 1 unspecified atom stereocenters. The Kier molecular flexibility index (Phi) is 4.20. The van der Waals surface area contributed by atoms with Crippen molar-refractivity contribution >= 4 is 11.6 Å². The first kappa shape index (κ1) is 16.7. The van der Waals surface area contributed by atoms with Crippen molar-refractivity contribution in [2.45, 2.75) is 58.3 Å². The minimum absolute atomic E-state index is 0.0362. The Hall–Kier alpha value is -2.17. The number of amides is 1. The molecule has 0 radical (unpaired) electrons. The molecule has 1 fully saturated rings. The summed E-state index contributed by atoms with van der Waals surface area (Å²) in [4.78, 5) is 18.7. The van der Waals surface area contributed by atoms with Gasteiger partial charge >= 0.3 is 0 Å². The second-order valence-electron chi connectivity index (χ2n) is 7.86. The van der Waals surface area contributed by atoms with E-state index in [1.54, 1.807) is 0 Å². The van der Waals surface area contributed by atoms with Crippen molar-refractivity contribution in [3.63, 3.8) is 0 Å². The Morgan fingerprint density at radius 1 is 1.21 bits per heavy atom. The summed E-state index contributed by atoms with van der Waals surface area (Å²) in [6.45, 7) is 11.0. The lowest BCUT2D eigenvalue weighted by atomic mass is 9.96. The molecule has 0 bridgehead atoms. The first-order valence-corrected chi connectivity index (χ1v) is 8.50. The molecule has 128 valence electrons. The van der Waals surface area contributed by atoms with E-state index in [4.69, 9.17) is 4.52 Å². The van der Waals surface area contributed by atoms with Crippen LogP contribution in [0.2, 0.25) is 0 Å². The fourth-order valence-corrected chi connectivity index (χ4v) is 2.87. The molecule has 1 aliphatic heterocycles. The van der Waals surface area contributed by atoms with Crippen molar-refractivity contribution < 1.29 is 9.32 Å². The fourth-order valence-electron chi connectivity index (χ4n) is 2.87. The van der Waals surface area contributed by atoms with Crippen LogP contribution >= 0.6 is 0 Å². The van der Waals surface area contributed by atoms with Crippen molar-refractivity contribution in [2.24, 2.45) is 0 Å². The van der Waals surface area contributed by atoms with Crippen LogP contribution in [-0.4, -0.2) is 22.6 Å². The van der Waals surface area contributed by atoms with Crippen molar-refractivity contribution in [3.05, 3.63) is 41.5 Å². The molecule has 1 aromatic heterocycles. The highest BCUT2D eigenvalue weighted by Crippen LogP contribution is 2.32. The number of aromatic nitrogens is 2. The van der Waals surface area contributed by atoms with Gasteiger partial charge in [-0.25, -0.2) is 0 Å². The molecule has 5 nitrogen and oxygen atoms in total. The van der Waals surface area contributed by atoms with Crippen LogP contribution in [0.1, 0.15) is 70.2 Å². The summed E-state index contributed by atoms with van der Waals surface area (Å²) in [6.07, 6.45) is 0.414. The normalized spacial score (nSPS) is 18.7. The molecule has 1 atom stereocenters. The number of carbonyl (C=O) groups is 1. The fraction of sp³-hybridized carbons (Fsp3) is 0.526. The zero-order valence-corrected chi connectivity index (χ0v) is 15.0. The SMILES string of the molecule is CC(C)c1ccc(N2CC(c3nc(C(C)(C)C)no3)CC2=O)cc1. The van der Waals surface area contributed by atoms with Crippen LogP contribution in [0.15, 0.2) is 28.8 Å². The summed E-state index contributed by atoms with van der Waals surface area (Å²) in [6, 6.07) is 8.21. The second kappa shape index (κ2) is 6.04. The molecule has 1 aliphatic rings. The van der Waals surface area contributed by atoms with E-state index in [1.807, 2.05) is 37.8 Å². The Bertz CT molecular complexity index is 726. The Labute approximate surface area is 143 Å². The van der Waals surface area contributed by atoms with Crippen LogP contribution in [0, 0.1) is 0 Å². The van der Waals surface area contributed by atoms with Crippen molar-refractivity contribution in [1.29, 1.82) is 0 Å². The highest BCUT2D eigenvalue weighted by Gasteiger charge is 2.36. The molecule has 2 heterocycles. The standard InChI is InChI=1S/C19H25N3O2/c1-12(2)13-6-8-15(9-7-13)22-11-14(10-16(22)23)17-20-18(21-24-17)19(3,4)5/h6-9,12,14H,10-11H2,1-5H3. The minimum atomic E-state index is -0.156. The average Bonchev–Trinajstić information content (AvgIpc) is 3.13. The number of rotatable bonds is 3. The summed E-state index contributed by atoms with van der Waals surface area (Å²) in [7, 11) is 0. The molecule has 0 aliphatic carbocycles. The van der Waals surface area contributed by atoms with E-state index in [0.717, 1.165) is 5.69 Å². The molecule has 2 aromatic rings. The van der Waals surface area contributed by atoms with Crippen LogP contribution in [0.4, 0.5) is 5.69 Å². The topological polar surface area (TPSA) is 59.2 Å². The van der Waals surface area contributed by atoms with Crippen LogP contribution in [0.3, 0.4) is 0 Å². The minimum Gasteiger partial charge on any atom is -0.339 e. The van der Waals surface area contributed by atoms with Gasteiger partial charge in [0.15, 0.2) is 5.82 Å². The highest BCUT2D eigenvalue weighted by atomic mass is 16.5. The number of hydrogen-bond donors (Lipinski definition) is 0. The molecule has 0 saturated carbocycles. The number of hydrogen-bond acceptors (Lipinski definition) is 4. The zero-order valence-electron chi connectivity index (χ0n) is 15.0. The van der Waals surface area contributed by atoms with E-state index in [-0.39, 0.29) is 17.2 Å². The molecular formula is C19H25N3O2. The predicted molar refractivity (Wildman–Crippen MR) is 93.2 cm³/mol. The van der Waals surface area contributed by atoms with Crippen LogP contribution < -0.4 is 4.90 Å². The van der Waals surface area contributed by atoms with Crippen LogP contribution in [0.25, 0.3) is 0 Å². The van der Waals surface area contributed by atoms with Gasteiger partial charge in [0.05, 0.1) is 5.92 Å². The van der Waals surface area contributed by atoms with Gasteiger partial charge in [-0.1, -0.05) is 51.9 Å². The predicted octanol–water partition coefficient (Wildman–Crippen LogP) is 4.01. The van der Waals surface area contributed by atoms with Gasteiger partial charge < -0.3 is 9.42 Å². The quantitative estimate of drug-likeness (QED) is 0.854. The molecule has 1 amide bonds. The summed E-state index contributed by atoms with van der Waals surface area (Å²) in [5.41, 5.74) is 2.05. The monoisotopic (exact) mass is 327 g/mol. The summed E-state index contributed by atoms with van der Waals surface area (Å²) < 4.78 is 5.42. The van der Waals surface area contributed by atoms with Crippen LogP contribution in [0.5, 0.6) is 0 Å². The third kappa shape index (κ3) is 3.21. The molecule has 0 N–H and O–H groups in total. The van der Waals surface area contributed by atoms with Gasteiger partial charge in [-0.15, -0.1) is 0 Å². The number of benzene rings is 1. The lowest BCUT2D eigenvalue weighted by Crippen LogP contribution is -2.24. The van der Waals surface area contributed by atoms with E-state index in [9.17, 15) is 4.79 Å². The average molecular weight is 327 g/mol. The third-order valence-electron chi connectivity index (χ3n) is 4.46. The van der Waals surface area contributed by atoms with Gasteiger partial charge in [0.25, 0.3) is 0 Å². The maximum Gasteiger partial charge on any atom is 0.232 e. The van der Waals surface area contributed by atoms with Gasteiger partial charge in [-0.3, -0.25) is 4.79 Å². The van der Waals surface area contributed by atoms with E-state index >= 15 is 0 Å². The molecule has 0 spiro atoms.